The molecule has 1 aromatic rings. The number of hydrogen-bond acceptors (Lipinski definition) is 3. The molecule has 3 heteroatoms. The Bertz CT molecular complexity index is 359. The van der Waals surface area contributed by atoms with Crippen LogP contribution in [0.4, 0.5) is 0 Å². The predicted octanol–water partition coefficient (Wildman–Crippen LogP) is 2.68. The van der Waals surface area contributed by atoms with E-state index in [-0.39, 0.29) is 0 Å². The van der Waals surface area contributed by atoms with Crippen molar-refractivity contribution < 1.29 is 4.42 Å². The van der Waals surface area contributed by atoms with Crippen molar-refractivity contribution in [2.75, 3.05) is 13.6 Å². The van der Waals surface area contributed by atoms with Crippen molar-refractivity contribution in [3.8, 4) is 0 Å². The molecule has 1 saturated heterocycles. The van der Waals surface area contributed by atoms with Gasteiger partial charge in [0.25, 0.3) is 0 Å². The summed E-state index contributed by atoms with van der Waals surface area (Å²) in [5.41, 5.74) is 1.26. The lowest BCUT2D eigenvalue weighted by Crippen LogP contribution is -2.36. The Kier molecular flexibility index (Phi) is 4.24. The van der Waals surface area contributed by atoms with E-state index in [1.165, 1.54) is 31.4 Å². The van der Waals surface area contributed by atoms with Gasteiger partial charge in [0, 0.05) is 6.04 Å². The van der Waals surface area contributed by atoms with Crippen LogP contribution in [0.5, 0.6) is 0 Å². The summed E-state index contributed by atoms with van der Waals surface area (Å²) in [5.74, 6) is 2.19. The molecule has 1 aliphatic rings. The molecule has 0 bridgehead atoms. The third kappa shape index (κ3) is 3.11. The Morgan fingerprint density at radius 2 is 2.29 bits per heavy atom. The molecule has 1 N–H and O–H groups in total. The average Bonchev–Trinajstić information content (AvgIpc) is 2.63. The van der Waals surface area contributed by atoms with Gasteiger partial charge in [-0.1, -0.05) is 6.42 Å². The molecular formula is C14H24N2O. The Labute approximate surface area is 104 Å². The highest BCUT2D eigenvalue weighted by Crippen LogP contribution is 2.21. The molecule has 0 amide bonds. The topological polar surface area (TPSA) is 28.4 Å². The molecule has 1 unspecified atom stereocenters. The second-order valence-electron chi connectivity index (χ2n) is 5.16. The van der Waals surface area contributed by atoms with Gasteiger partial charge in [0.1, 0.15) is 11.5 Å². The summed E-state index contributed by atoms with van der Waals surface area (Å²) in [4.78, 5) is 2.53. The molecule has 0 radical (unpaired) electrons. The van der Waals surface area contributed by atoms with Gasteiger partial charge in [0.15, 0.2) is 0 Å². The van der Waals surface area contributed by atoms with E-state index in [0.717, 1.165) is 24.6 Å². The van der Waals surface area contributed by atoms with Gasteiger partial charge >= 0.3 is 0 Å². The van der Waals surface area contributed by atoms with E-state index in [1.54, 1.807) is 0 Å². The fraction of sp³-hybridized carbons (Fsp3) is 0.714. The molecule has 1 aliphatic heterocycles. The van der Waals surface area contributed by atoms with Gasteiger partial charge in [-0.25, -0.2) is 0 Å². The first kappa shape index (κ1) is 12.7. The van der Waals surface area contributed by atoms with Crippen molar-refractivity contribution in [1.29, 1.82) is 0 Å². The van der Waals surface area contributed by atoms with Gasteiger partial charge < -0.3 is 9.73 Å². The second-order valence-corrected chi connectivity index (χ2v) is 5.16. The molecule has 3 nitrogen and oxygen atoms in total. The van der Waals surface area contributed by atoms with E-state index in [1.807, 2.05) is 7.05 Å². The maximum Gasteiger partial charge on any atom is 0.120 e. The SMILES string of the molecule is CNCc1oc(CN2CCCCC2C)cc1C. The Hall–Kier alpha value is -0.800. The van der Waals surface area contributed by atoms with Crippen LogP contribution in [0.15, 0.2) is 10.5 Å². The van der Waals surface area contributed by atoms with Gasteiger partial charge in [-0.2, -0.15) is 0 Å². The third-order valence-electron chi connectivity index (χ3n) is 3.71. The highest BCUT2D eigenvalue weighted by Gasteiger charge is 2.19. The van der Waals surface area contributed by atoms with Crippen LogP contribution in [-0.4, -0.2) is 24.5 Å². The van der Waals surface area contributed by atoms with Crippen molar-refractivity contribution in [2.24, 2.45) is 0 Å². The van der Waals surface area contributed by atoms with Crippen LogP contribution in [0.1, 0.15) is 43.3 Å². The van der Waals surface area contributed by atoms with Crippen molar-refractivity contribution in [1.82, 2.24) is 10.2 Å². The van der Waals surface area contributed by atoms with Crippen LogP contribution in [-0.2, 0) is 13.1 Å². The molecule has 0 aromatic carbocycles. The zero-order chi connectivity index (χ0) is 12.3. The van der Waals surface area contributed by atoms with Gasteiger partial charge in [-0.15, -0.1) is 0 Å². The molecule has 2 heterocycles. The van der Waals surface area contributed by atoms with E-state index >= 15 is 0 Å². The number of likely N-dealkylation sites (tertiary alicyclic amines) is 1. The largest absolute Gasteiger partial charge is 0.463 e. The van der Waals surface area contributed by atoms with E-state index in [2.05, 4.69) is 30.1 Å². The smallest absolute Gasteiger partial charge is 0.120 e. The zero-order valence-electron chi connectivity index (χ0n) is 11.3. The molecule has 0 saturated carbocycles. The van der Waals surface area contributed by atoms with Crippen LogP contribution in [0.3, 0.4) is 0 Å². The second kappa shape index (κ2) is 5.69. The quantitative estimate of drug-likeness (QED) is 0.871. The Morgan fingerprint density at radius 3 is 3.00 bits per heavy atom. The standard InChI is InChI=1S/C14H24N2O/c1-11-8-13(17-14(11)9-15-3)10-16-7-5-4-6-12(16)2/h8,12,15H,4-7,9-10H2,1-3H3. The van der Waals surface area contributed by atoms with Crippen molar-refractivity contribution in [2.45, 2.75) is 52.2 Å². The normalized spacial score (nSPS) is 21.9. The summed E-state index contributed by atoms with van der Waals surface area (Å²) >= 11 is 0. The molecule has 96 valence electrons. The fourth-order valence-electron chi connectivity index (χ4n) is 2.60. The monoisotopic (exact) mass is 236 g/mol. The zero-order valence-corrected chi connectivity index (χ0v) is 11.3. The molecule has 1 atom stereocenters. The van der Waals surface area contributed by atoms with Crippen LogP contribution < -0.4 is 5.32 Å². The maximum atomic E-state index is 5.90. The lowest BCUT2D eigenvalue weighted by molar-refractivity contribution is 0.141. The van der Waals surface area contributed by atoms with Gasteiger partial charge in [-0.3, -0.25) is 4.90 Å². The summed E-state index contributed by atoms with van der Waals surface area (Å²) in [6.45, 7) is 7.44. The van der Waals surface area contributed by atoms with Crippen LogP contribution in [0.2, 0.25) is 0 Å². The van der Waals surface area contributed by atoms with Crippen molar-refractivity contribution >= 4 is 0 Å². The number of furan rings is 1. The first-order valence-corrected chi connectivity index (χ1v) is 6.67. The average molecular weight is 236 g/mol. The number of rotatable bonds is 4. The molecule has 1 aromatic heterocycles. The summed E-state index contributed by atoms with van der Waals surface area (Å²) in [6.07, 6.45) is 4.02. The van der Waals surface area contributed by atoms with Gasteiger partial charge in [0.2, 0.25) is 0 Å². The van der Waals surface area contributed by atoms with E-state index < -0.39 is 0 Å². The first-order chi connectivity index (χ1) is 8.20. The first-order valence-electron chi connectivity index (χ1n) is 6.67. The lowest BCUT2D eigenvalue weighted by Gasteiger charge is -2.32. The highest BCUT2D eigenvalue weighted by molar-refractivity contribution is 5.20. The minimum absolute atomic E-state index is 0.696. The summed E-state index contributed by atoms with van der Waals surface area (Å²) < 4.78 is 5.90. The molecule has 0 aliphatic carbocycles. The number of aryl methyl sites for hydroxylation is 1. The minimum Gasteiger partial charge on any atom is -0.463 e. The van der Waals surface area contributed by atoms with Crippen LogP contribution >= 0.6 is 0 Å². The molecule has 0 spiro atoms. The molecular weight excluding hydrogens is 212 g/mol. The number of nitrogens with one attached hydrogen (secondary N) is 1. The third-order valence-corrected chi connectivity index (χ3v) is 3.71. The molecule has 17 heavy (non-hydrogen) atoms. The van der Waals surface area contributed by atoms with Crippen LogP contribution in [0.25, 0.3) is 0 Å². The Balaban J connectivity index is 2.00. The lowest BCUT2D eigenvalue weighted by atomic mass is 10.0. The molecule has 2 rings (SSSR count). The number of nitrogens with zero attached hydrogens (tertiary/aromatic N) is 1. The van der Waals surface area contributed by atoms with Gasteiger partial charge in [-0.05, 0) is 51.9 Å². The summed E-state index contributed by atoms with van der Waals surface area (Å²) in [7, 11) is 1.95. The minimum atomic E-state index is 0.696. The van der Waals surface area contributed by atoms with Crippen molar-refractivity contribution in [3.63, 3.8) is 0 Å². The predicted molar refractivity (Wildman–Crippen MR) is 69.9 cm³/mol. The van der Waals surface area contributed by atoms with E-state index in [4.69, 9.17) is 4.42 Å². The highest BCUT2D eigenvalue weighted by atomic mass is 16.3. The maximum absolute atomic E-state index is 5.90. The van der Waals surface area contributed by atoms with Crippen LogP contribution in [0, 0.1) is 6.92 Å². The number of piperidine rings is 1. The Morgan fingerprint density at radius 1 is 1.47 bits per heavy atom. The molecule has 1 fully saturated rings. The van der Waals surface area contributed by atoms with E-state index in [9.17, 15) is 0 Å². The summed E-state index contributed by atoms with van der Waals surface area (Å²) in [6, 6.07) is 2.88. The summed E-state index contributed by atoms with van der Waals surface area (Å²) in [5, 5.41) is 3.14. The fourth-order valence-corrected chi connectivity index (χ4v) is 2.60. The number of hydrogen-bond donors (Lipinski definition) is 1. The van der Waals surface area contributed by atoms with Crippen molar-refractivity contribution in [3.05, 3.63) is 23.2 Å². The van der Waals surface area contributed by atoms with E-state index in [0.29, 0.717) is 6.04 Å². The van der Waals surface area contributed by atoms with Gasteiger partial charge in [0.05, 0.1) is 13.1 Å².